The first kappa shape index (κ1) is 18.9. The summed E-state index contributed by atoms with van der Waals surface area (Å²) in [5.74, 6) is 1.23. The van der Waals surface area contributed by atoms with Crippen molar-refractivity contribution in [1.82, 2.24) is 9.97 Å². The van der Waals surface area contributed by atoms with Crippen LogP contribution in [0.15, 0.2) is 24.3 Å². The fraction of sp³-hybridized carbons (Fsp3) is 0.450. The number of rotatable bonds is 7. The number of aromatic nitrogens is 2. The molecule has 0 aliphatic rings. The normalized spacial score (nSPS) is 10.6. The Balaban J connectivity index is 2.25. The standard InChI is InChI=1S/C20H28N4O/c1-6-10-24(11-7-2)19-13-18(21-16(5)22-19)20(25)23-17-9-8-14(3)15(4)12-17/h8-9,12-13H,6-7,10-11H2,1-5H3,(H,23,25). The Kier molecular flexibility index (Phi) is 6.51. The molecular weight excluding hydrogens is 312 g/mol. The van der Waals surface area contributed by atoms with Gasteiger partial charge in [0, 0.05) is 24.8 Å². The van der Waals surface area contributed by atoms with Gasteiger partial charge in [-0.05, 0) is 56.9 Å². The number of hydrogen-bond acceptors (Lipinski definition) is 4. The topological polar surface area (TPSA) is 58.1 Å². The highest BCUT2D eigenvalue weighted by Gasteiger charge is 2.14. The number of nitrogens with zero attached hydrogens (tertiary/aromatic N) is 3. The Hall–Kier alpha value is -2.43. The van der Waals surface area contributed by atoms with E-state index < -0.39 is 0 Å². The van der Waals surface area contributed by atoms with Gasteiger partial charge in [-0.1, -0.05) is 19.9 Å². The largest absolute Gasteiger partial charge is 0.357 e. The fourth-order valence-electron chi connectivity index (χ4n) is 2.73. The molecule has 0 atom stereocenters. The molecule has 5 heteroatoms. The Morgan fingerprint density at radius 1 is 1.00 bits per heavy atom. The smallest absolute Gasteiger partial charge is 0.274 e. The van der Waals surface area contributed by atoms with Crippen LogP contribution in [-0.2, 0) is 0 Å². The lowest BCUT2D eigenvalue weighted by molar-refractivity contribution is 0.102. The van der Waals surface area contributed by atoms with Crippen molar-refractivity contribution in [1.29, 1.82) is 0 Å². The summed E-state index contributed by atoms with van der Waals surface area (Å²) < 4.78 is 0. The summed E-state index contributed by atoms with van der Waals surface area (Å²) in [4.78, 5) is 23.7. The van der Waals surface area contributed by atoms with E-state index in [9.17, 15) is 4.79 Å². The summed E-state index contributed by atoms with van der Waals surface area (Å²) in [6.07, 6.45) is 2.07. The zero-order chi connectivity index (χ0) is 18.4. The molecule has 1 amide bonds. The quantitative estimate of drug-likeness (QED) is 0.817. The summed E-state index contributed by atoms with van der Waals surface area (Å²) in [6, 6.07) is 7.68. The zero-order valence-corrected chi connectivity index (χ0v) is 15.9. The van der Waals surface area contributed by atoms with E-state index in [1.807, 2.05) is 32.0 Å². The van der Waals surface area contributed by atoms with Crippen molar-refractivity contribution in [2.45, 2.75) is 47.5 Å². The van der Waals surface area contributed by atoms with E-state index in [1.165, 1.54) is 5.56 Å². The molecule has 5 nitrogen and oxygen atoms in total. The van der Waals surface area contributed by atoms with Gasteiger partial charge in [-0.2, -0.15) is 0 Å². The molecule has 0 aliphatic heterocycles. The highest BCUT2D eigenvalue weighted by Crippen LogP contribution is 2.17. The second-order valence-electron chi connectivity index (χ2n) is 6.40. The molecule has 2 aromatic rings. The van der Waals surface area contributed by atoms with Crippen molar-refractivity contribution in [3.05, 3.63) is 46.9 Å². The second-order valence-corrected chi connectivity index (χ2v) is 6.40. The molecule has 0 saturated carbocycles. The predicted molar refractivity (Wildman–Crippen MR) is 103 cm³/mol. The van der Waals surface area contributed by atoms with E-state index >= 15 is 0 Å². The number of benzene rings is 1. The highest BCUT2D eigenvalue weighted by molar-refractivity contribution is 6.03. The van der Waals surface area contributed by atoms with Crippen LogP contribution in [0, 0.1) is 20.8 Å². The van der Waals surface area contributed by atoms with E-state index in [-0.39, 0.29) is 5.91 Å². The molecule has 0 radical (unpaired) electrons. The lowest BCUT2D eigenvalue weighted by Crippen LogP contribution is -2.27. The Labute approximate surface area is 150 Å². The molecule has 25 heavy (non-hydrogen) atoms. The average molecular weight is 340 g/mol. The molecule has 0 aliphatic carbocycles. The first-order valence-electron chi connectivity index (χ1n) is 8.93. The van der Waals surface area contributed by atoms with Crippen LogP contribution in [-0.4, -0.2) is 29.0 Å². The minimum absolute atomic E-state index is 0.206. The van der Waals surface area contributed by atoms with Crippen molar-refractivity contribution in [2.75, 3.05) is 23.3 Å². The van der Waals surface area contributed by atoms with Crippen molar-refractivity contribution in [3.63, 3.8) is 0 Å². The maximum absolute atomic E-state index is 12.6. The van der Waals surface area contributed by atoms with E-state index in [0.29, 0.717) is 11.5 Å². The lowest BCUT2D eigenvalue weighted by atomic mass is 10.1. The monoisotopic (exact) mass is 340 g/mol. The first-order valence-corrected chi connectivity index (χ1v) is 8.93. The van der Waals surface area contributed by atoms with Crippen LogP contribution < -0.4 is 10.2 Å². The molecule has 1 heterocycles. The van der Waals surface area contributed by atoms with Gasteiger partial charge in [-0.3, -0.25) is 4.79 Å². The minimum atomic E-state index is -0.206. The second kappa shape index (κ2) is 8.60. The summed E-state index contributed by atoms with van der Waals surface area (Å²) in [5, 5.41) is 2.94. The van der Waals surface area contributed by atoms with Gasteiger partial charge in [-0.25, -0.2) is 9.97 Å². The van der Waals surface area contributed by atoms with Gasteiger partial charge in [0.1, 0.15) is 17.3 Å². The van der Waals surface area contributed by atoms with Crippen LogP contribution in [0.2, 0.25) is 0 Å². The number of hydrogen-bond donors (Lipinski definition) is 1. The van der Waals surface area contributed by atoms with E-state index in [0.717, 1.165) is 43.0 Å². The van der Waals surface area contributed by atoms with Gasteiger partial charge in [0.15, 0.2) is 0 Å². The van der Waals surface area contributed by atoms with Gasteiger partial charge >= 0.3 is 0 Å². The number of carbonyl (C=O) groups excluding carboxylic acids is 1. The third-order valence-electron chi connectivity index (χ3n) is 4.13. The predicted octanol–water partition coefficient (Wildman–Crippen LogP) is 4.28. The Bertz CT molecular complexity index is 736. The van der Waals surface area contributed by atoms with Gasteiger partial charge in [-0.15, -0.1) is 0 Å². The molecule has 0 spiro atoms. The SMILES string of the molecule is CCCN(CCC)c1cc(C(=O)Nc2ccc(C)c(C)c2)nc(C)n1. The first-order chi connectivity index (χ1) is 11.9. The Morgan fingerprint density at radius 3 is 2.28 bits per heavy atom. The molecule has 1 aromatic carbocycles. The van der Waals surface area contributed by atoms with Crippen LogP contribution in [0.3, 0.4) is 0 Å². The van der Waals surface area contributed by atoms with E-state index in [2.05, 4.69) is 41.0 Å². The zero-order valence-electron chi connectivity index (χ0n) is 15.9. The molecule has 0 unspecified atom stereocenters. The fourth-order valence-corrected chi connectivity index (χ4v) is 2.73. The molecule has 0 bridgehead atoms. The van der Waals surface area contributed by atoms with Crippen LogP contribution in [0.25, 0.3) is 0 Å². The summed E-state index contributed by atoms with van der Waals surface area (Å²) in [6.45, 7) is 12.0. The minimum Gasteiger partial charge on any atom is -0.357 e. The number of amides is 1. The van der Waals surface area contributed by atoms with Crippen molar-refractivity contribution >= 4 is 17.4 Å². The number of aryl methyl sites for hydroxylation is 3. The molecule has 2 rings (SSSR count). The third-order valence-corrected chi connectivity index (χ3v) is 4.13. The van der Waals surface area contributed by atoms with Crippen molar-refractivity contribution < 1.29 is 4.79 Å². The van der Waals surface area contributed by atoms with Gasteiger partial charge in [0.2, 0.25) is 0 Å². The maximum Gasteiger partial charge on any atom is 0.274 e. The van der Waals surface area contributed by atoms with Crippen molar-refractivity contribution in [3.8, 4) is 0 Å². The van der Waals surface area contributed by atoms with Crippen LogP contribution in [0.1, 0.15) is 54.1 Å². The lowest BCUT2D eigenvalue weighted by Gasteiger charge is -2.23. The van der Waals surface area contributed by atoms with Crippen LogP contribution in [0.5, 0.6) is 0 Å². The molecule has 134 valence electrons. The van der Waals surface area contributed by atoms with Crippen LogP contribution >= 0.6 is 0 Å². The molecule has 1 N–H and O–H groups in total. The third kappa shape index (κ3) is 5.02. The summed E-state index contributed by atoms with van der Waals surface area (Å²) in [5.41, 5.74) is 3.53. The molecule has 1 aromatic heterocycles. The molecule has 0 saturated heterocycles. The average Bonchev–Trinajstić information content (AvgIpc) is 2.57. The maximum atomic E-state index is 12.6. The van der Waals surface area contributed by atoms with Gasteiger partial charge < -0.3 is 10.2 Å². The summed E-state index contributed by atoms with van der Waals surface area (Å²) in [7, 11) is 0. The molecular formula is C20H28N4O. The van der Waals surface area contributed by atoms with Crippen LogP contribution in [0.4, 0.5) is 11.5 Å². The van der Waals surface area contributed by atoms with Gasteiger partial charge in [0.05, 0.1) is 0 Å². The van der Waals surface area contributed by atoms with E-state index in [4.69, 9.17) is 0 Å². The van der Waals surface area contributed by atoms with Crippen molar-refractivity contribution in [2.24, 2.45) is 0 Å². The number of anilines is 2. The highest BCUT2D eigenvalue weighted by atomic mass is 16.1. The van der Waals surface area contributed by atoms with E-state index in [1.54, 1.807) is 6.07 Å². The number of nitrogens with one attached hydrogen (secondary N) is 1. The number of carbonyl (C=O) groups is 1. The summed E-state index contributed by atoms with van der Waals surface area (Å²) >= 11 is 0. The van der Waals surface area contributed by atoms with Gasteiger partial charge in [0.25, 0.3) is 5.91 Å². The molecule has 0 fully saturated rings. The Morgan fingerprint density at radius 2 is 1.68 bits per heavy atom.